The first-order valence-electron chi connectivity index (χ1n) is 5.37. The molecular formula is C13H13NO3. The highest BCUT2D eigenvalue weighted by Crippen LogP contribution is 2.31. The third-order valence-electron chi connectivity index (χ3n) is 2.66. The molecule has 0 fully saturated rings. The highest BCUT2D eigenvalue weighted by Gasteiger charge is 2.19. The lowest BCUT2D eigenvalue weighted by atomic mass is 10.1. The molecule has 0 N–H and O–H groups in total. The maximum atomic E-state index is 11.7. The Morgan fingerprint density at radius 2 is 2.24 bits per heavy atom. The van der Waals surface area contributed by atoms with Crippen molar-refractivity contribution in [1.29, 1.82) is 0 Å². The molecule has 1 heterocycles. The highest BCUT2D eigenvalue weighted by molar-refractivity contribution is 5.95. The zero-order valence-corrected chi connectivity index (χ0v) is 9.55. The number of allylic oxidation sites excluding steroid dienone is 1. The average Bonchev–Trinajstić information content (AvgIpc) is 2.48. The molecule has 1 aromatic carbocycles. The average molecular weight is 231 g/mol. The number of amides is 1. The Bertz CT molecular complexity index is 480. The second-order valence-electron chi connectivity index (χ2n) is 3.77. The molecular weight excluding hydrogens is 218 g/mol. The normalized spacial score (nSPS) is 15.4. The van der Waals surface area contributed by atoms with Crippen LogP contribution in [-0.2, 0) is 9.59 Å². The van der Waals surface area contributed by atoms with Crippen molar-refractivity contribution in [1.82, 2.24) is 0 Å². The van der Waals surface area contributed by atoms with Crippen molar-refractivity contribution < 1.29 is 14.3 Å². The lowest BCUT2D eigenvalue weighted by molar-refractivity contribution is -0.118. The van der Waals surface area contributed by atoms with Crippen LogP contribution in [0.2, 0.25) is 0 Å². The zero-order chi connectivity index (χ0) is 12.3. The van der Waals surface area contributed by atoms with Crippen molar-refractivity contribution in [3.05, 3.63) is 29.8 Å². The van der Waals surface area contributed by atoms with E-state index in [1.807, 2.05) is 18.2 Å². The van der Waals surface area contributed by atoms with Gasteiger partial charge in [0.2, 0.25) is 5.91 Å². The summed E-state index contributed by atoms with van der Waals surface area (Å²) in [5.41, 5.74) is 1.60. The number of hydrogen-bond acceptors (Lipinski definition) is 3. The van der Waals surface area contributed by atoms with Gasteiger partial charge in [0.05, 0.1) is 18.7 Å². The van der Waals surface area contributed by atoms with Crippen molar-refractivity contribution in [2.45, 2.75) is 6.42 Å². The molecule has 17 heavy (non-hydrogen) atoms. The summed E-state index contributed by atoms with van der Waals surface area (Å²) in [7, 11) is 1.73. The molecule has 1 aromatic rings. The van der Waals surface area contributed by atoms with E-state index >= 15 is 0 Å². The van der Waals surface area contributed by atoms with Crippen molar-refractivity contribution in [2.75, 3.05) is 18.6 Å². The van der Waals surface area contributed by atoms with Crippen LogP contribution in [0.1, 0.15) is 12.0 Å². The molecule has 0 unspecified atom stereocenters. The molecule has 0 bridgehead atoms. The van der Waals surface area contributed by atoms with Crippen LogP contribution < -0.4 is 9.64 Å². The number of aldehydes is 1. The fraction of sp³-hybridized carbons (Fsp3) is 0.231. The van der Waals surface area contributed by atoms with E-state index in [1.165, 1.54) is 6.08 Å². The Morgan fingerprint density at radius 1 is 1.41 bits per heavy atom. The molecule has 1 aliphatic rings. The second-order valence-corrected chi connectivity index (χ2v) is 3.77. The van der Waals surface area contributed by atoms with Gasteiger partial charge in [-0.2, -0.15) is 0 Å². The molecule has 0 atom stereocenters. The molecule has 1 amide bonds. The molecule has 4 nitrogen and oxygen atoms in total. The molecule has 2 rings (SSSR count). The zero-order valence-electron chi connectivity index (χ0n) is 9.55. The number of carbonyl (C=O) groups is 2. The van der Waals surface area contributed by atoms with Gasteiger partial charge in [-0.1, -0.05) is 12.1 Å². The minimum Gasteiger partial charge on any atom is -0.491 e. The van der Waals surface area contributed by atoms with E-state index in [2.05, 4.69) is 0 Å². The first-order chi connectivity index (χ1) is 8.22. The lowest BCUT2D eigenvalue weighted by Crippen LogP contribution is -2.25. The minimum atomic E-state index is 0.0280. The summed E-state index contributed by atoms with van der Waals surface area (Å²) >= 11 is 0. The summed E-state index contributed by atoms with van der Waals surface area (Å²) in [6, 6.07) is 5.50. The van der Waals surface area contributed by atoms with Gasteiger partial charge in [0.25, 0.3) is 0 Å². The quantitative estimate of drug-likeness (QED) is 0.574. The molecule has 0 saturated heterocycles. The number of fused-ring (bicyclic) bond motifs is 1. The number of hydrogen-bond donors (Lipinski definition) is 0. The summed E-state index contributed by atoms with van der Waals surface area (Å²) in [4.78, 5) is 23.5. The van der Waals surface area contributed by atoms with E-state index < -0.39 is 0 Å². The minimum absolute atomic E-state index is 0.0280. The molecule has 0 spiro atoms. The predicted molar refractivity (Wildman–Crippen MR) is 65.1 cm³/mol. The van der Waals surface area contributed by atoms with Crippen molar-refractivity contribution in [3.8, 4) is 5.75 Å². The van der Waals surface area contributed by atoms with E-state index in [9.17, 15) is 9.59 Å². The van der Waals surface area contributed by atoms with Gasteiger partial charge in [0.1, 0.15) is 12.0 Å². The van der Waals surface area contributed by atoms with Crippen molar-refractivity contribution >= 4 is 24.0 Å². The number of carbonyl (C=O) groups excluding carboxylic acids is 2. The standard InChI is InChI=1S/C13H13NO3/c1-14-11-9-10(3-2-7-15)4-5-12(11)17-8-6-13(14)16/h2-5,7,9H,6,8H2,1H3/b3-2+. The van der Waals surface area contributed by atoms with Gasteiger partial charge >= 0.3 is 0 Å². The maximum absolute atomic E-state index is 11.7. The number of rotatable bonds is 2. The summed E-state index contributed by atoms with van der Waals surface area (Å²) in [5, 5.41) is 0. The number of anilines is 1. The Balaban J connectivity index is 2.41. The van der Waals surface area contributed by atoms with Crippen LogP contribution in [0.4, 0.5) is 5.69 Å². The van der Waals surface area contributed by atoms with E-state index in [1.54, 1.807) is 18.0 Å². The van der Waals surface area contributed by atoms with Gasteiger partial charge in [-0.25, -0.2) is 0 Å². The monoisotopic (exact) mass is 231 g/mol. The number of nitrogens with zero attached hydrogens (tertiary/aromatic N) is 1. The van der Waals surface area contributed by atoms with Gasteiger partial charge in [-0.3, -0.25) is 9.59 Å². The van der Waals surface area contributed by atoms with Gasteiger partial charge in [0, 0.05) is 7.05 Å². The van der Waals surface area contributed by atoms with E-state index in [0.717, 1.165) is 17.5 Å². The van der Waals surface area contributed by atoms with Gasteiger partial charge in [-0.05, 0) is 23.8 Å². The van der Waals surface area contributed by atoms with Crippen molar-refractivity contribution in [2.24, 2.45) is 0 Å². The number of ether oxygens (including phenoxy) is 1. The first kappa shape index (κ1) is 11.4. The van der Waals surface area contributed by atoms with Crippen LogP contribution in [0.15, 0.2) is 24.3 Å². The van der Waals surface area contributed by atoms with Gasteiger partial charge in [0.15, 0.2) is 0 Å². The Labute approximate surface area is 99.5 Å². The molecule has 1 aliphatic heterocycles. The summed E-state index contributed by atoms with van der Waals surface area (Å²) in [5.74, 6) is 0.724. The Morgan fingerprint density at radius 3 is 3.00 bits per heavy atom. The Kier molecular flexibility index (Phi) is 3.23. The first-order valence-corrected chi connectivity index (χ1v) is 5.37. The third kappa shape index (κ3) is 2.36. The predicted octanol–water partition coefficient (Wildman–Crippen LogP) is 1.64. The third-order valence-corrected chi connectivity index (χ3v) is 2.66. The largest absolute Gasteiger partial charge is 0.491 e. The van der Waals surface area contributed by atoms with E-state index in [-0.39, 0.29) is 5.91 Å². The number of benzene rings is 1. The van der Waals surface area contributed by atoms with Crippen LogP contribution in [0.25, 0.3) is 6.08 Å². The summed E-state index contributed by atoms with van der Waals surface area (Å²) < 4.78 is 5.49. The highest BCUT2D eigenvalue weighted by atomic mass is 16.5. The van der Waals surface area contributed by atoms with Gasteiger partial charge < -0.3 is 9.64 Å². The Hall–Kier alpha value is -2.10. The molecule has 88 valence electrons. The maximum Gasteiger partial charge on any atom is 0.230 e. The summed E-state index contributed by atoms with van der Waals surface area (Å²) in [6.07, 6.45) is 4.21. The lowest BCUT2D eigenvalue weighted by Gasteiger charge is -2.16. The fourth-order valence-corrected chi connectivity index (χ4v) is 1.72. The summed E-state index contributed by atoms with van der Waals surface area (Å²) in [6.45, 7) is 0.402. The molecule has 0 aliphatic carbocycles. The molecule has 0 aromatic heterocycles. The topological polar surface area (TPSA) is 46.6 Å². The van der Waals surface area contributed by atoms with Crippen molar-refractivity contribution in [3.63, 3.8) is 0 Å². The van der Waals surface area contributed by atoms with Crippen LogP contribution in [0, 0.1) is 0 Å². The molecule has 0 radical (unpaired) electrons. The SMILES string of the molecule is CN1C(=O)CCOc2ccc(/C=C/C=O)cc21. The molecule has 0 saturated carbocycles. The van der Waals surface area contributed by atoms with E-state index in [0.29, 0.717) is 18.8 Å². The molecule has 4 heteroatoms. The van der Waals surface area contributed by atoms with E-state index in [4.69, 9.17) is 4.74 Å². The van der Waals surface area contributed by atoms with Crippen LogP contribution in [-0.4, -0.2) is 25.8 Å². The van der Waals surface area contributed by atoms with Gasteiger partial charge in [-0.15, -0.1) is 0 Å². The smallest absolute Gasteiger partial charge is 0.230 e. The fourth-order valence-electron chi connectivity index (χ4n) is 1.72. The van der Waals surface area contributed by atoms with Crippen LogP contribution >= 0.6 is 0 Å². The van der Waals surface area contributed by atoms with Crippen LogP contribution in [0.3, 0.4) is 0 Å². The van der Waals surface area contributed by atoms with Crippen LogP contribution in [0.5, 0.6) is 5.75 Å². The second kappa shape index (κ2) is 4.82.